The first-order chi connectivity index (χ1) is 17.3. The summed E-state index contributed by atoms with van der Waals surface area (Å²) in [6.07, 6.45) is 1.66. The lowest BCUT2D eigenvalue weighted by Gasteiger charge is -2.33. The quantitative estimate of drug-likeness (QED) is 0.494. The molecule has 2 aromatic rings. The zero-order valence-electron chi connectivity index (χ0n) is 20.1. The van der Waals surface area contributed by atoms with Crippen LogP contribution >= 0.6 is 0 Å². The van der Waals surface area contributed by atoms with E-state index in [9.17, 15) is 14.4 Å². The van der Waals surface area contributed by atoms with Gasteiger partial charge in [-0.1, -0.05) is 0 Å². The van der Waals surface area contributed by atoms with E-state index in [4.69, 9.17) is 4.74 Å². The number of benzene rings is 1. The molecule has 0 unspecified atom stereocenters. The van der Waals surface area contributed by atoms with Crippen LogP contribution in [0, 0.1) is 5.82 Å². The zero-order chi connectivity index (χ0) is 25.7. The van der Waals surface area contributed by atoms with Crippen LogP contribution in [0.4, 0.5) is 25.5 Å². The molecular weight excluding hydrogens is 471 g/mol. The van der Waals surface area contributed by atoms with Crippen LogP contribution in [0.2, 0.25) is 0 Å². The molecule has 3 N–H and O–H groups in total. The number of ether oxygens (including phenoxy) is 2. The van der Waals surface area contributed by atoms with Crippen molar-refractivity contribution in [2.45, 2.75) is 31.9 Å². The number of hydrogen-bond acceptors (Lipinski definition) is 8. The Morgan fingerprint density at radius 1 is 1.22 bits per heavy atom. The zero-order valence-corrected chi connectivity index (χ0v) is 20.1. The number of carbonyl (C=O) groups is 3. The van der Waals surface area contributed by atoms with E-state index in [1.54, 1.807) is 18.3 Å². The highest BCUT2D eigenvalue weighted by atomic mass is 19.1. The Hall–Kier alpha value is -3.93. The highest BCUT2D eigenvalue weighted by Crippen LogP contribution is 2.30. The van der Waals surface area contributed by atoms with Crippen LogP contribution in [0.15, 0.2) is 36.5 Å². The molecule has 0 aliphatic carbocycles. The second-order valence-corrected chi connectivity index (χ2v) is 8.64. The number of aromatic nitrogens is 1. The summed E-state index contributed by atoms with van der Waals surface area (Å²) in [6, 6.07) is 8.38. The minimum atomic E-state index is -0.580. The highest BCUT2D eigenvalue weighted by Gasteiger charge is 2.32. The van der Waals surface area contributed by atoms with Crippen molar-refractivity contribution in [2.75, 3.05) is 43.1 Å². The number of rotatable bonds is 7. The van der Waals surface area contributed by atoms with Crippen molar-refractivity contribution in [3.05, 3.63) is 42.3 Å². The molecule has 2 saturated heterocycles. The molecule has 0 spiro atoms. The number of cyclic esters (lactones) is 1. The maximum atomic E-state index is 15.0. The van der Waals surface area contributed by atoms with Crippen LogP contribution in [0.3, 0.4) is 0 Å². The van der Waals surface area contributed by atoms with E-state index in [0.717, 1.165) is 31.7 Å². The van der Waals surface area contributed by atoms with Gasteiger partial charge in [-0.25, -0.2) is 24.4 Å². The van der Waals surface area contributed by atoms with E-state index in [0.29, 0.717) is 16.8 Å². The van der Waals surface area contributed by atoms with E-state index in [-0.39, 0.29) is 25.0 Å². The number of hydrogen-bond donors (Lipinski definition) is 3. The smallest absolute Gasteiger partial charge is 0.421 e. The second-order valence-electron chi connectivity index (χ2n) is 8.64. The Morgan fingerprint density at radius 3 is 2.64 bits per heavy atom. The lowest BCUT2D eigenvalue weighted by molar-refractivity contribution is -0.119. The molecule has 1 aromatic heterocycles. The van der Waals surface area contributed by atoms with Gasteiger partial charge in [0, 0.05) is 43.4 Å². The molecule has 1 atom stereocenters. The summed E-state index contributed by atoms with van der Waals surface area (Å²) in [6.45, 7) is 3.32. The molecule has 0 saturated carbocycles. The minimum Gasteiger partial charge on any atom is -0.452 e. The van der Waals surface area contributed by atoms with Gasteiger partial charge in [-0.3, -0.25) is 15.1 Å². The van der Waals surface area contributed by atoms with Crippen molar-refractivity contribution in [2.24, 2.45) is 0 Å². The summed E-state index contributed by atoms with van der Waals surface area (Å²) in [5.74, 6) is 0.0966. The fourth-order valence-corrected chi connectivity index (χ4v) is 4.20. The summed E-state index contributed by atoms with van der Waals surface area (Å²) in [5, 5.41) is 2.61. The van der Waals surface area contributed by atoms with Gasteiger partial charge in [0.15, 0.2) is 0 Å². The van der Waals surface area contributed by atoms with Gasteiger partial charge in [0.25, 0.3) is 0 Å². The third kappa shape index (κ3) is 6.00. The van der Waals surface area contributed by atoms with E-state index in [1.165, 1.54) is 25.0 Å². The Kier molecular flexibility index (Phi) is 7.84. The predicted octanol–water partition coefficient (Wildman–Crippen LogP) is 2.18. The van der Waals surface area contributed by atoms with E-state index >= 15 is 4.39 Å². The Balaban J connectivity index is 1.35. The van der Waals surface area contributed by atoms with Crippen LogP contribution in [0.25, 0.3) is 11.1 Å². The SMILES string of the molecule is COC(=O)NNC1CCN(c2ccc(-c3ccc(N4C[C@H](CNC(C)=O)OC4=O)cc3F)cn2)CC1. The largest absolute Gasteiger partial charge is 0.452 e. The van der Waals surface area contributed by atoms with Crippen molar-refractivity contribution in [3.8, 4) is 11.1 Å². The van der Waals surface area contributed by atoms with E-state index in [2.05, 4.69) is 30.8 Å². The number of amides is 3. The lowest BCUT2D eigenvalue weighted by atomic mass is 10.0. The number of nitrogens with one attached hydrogen (secondary N) is 3. The van der Waals surface area contributed by atoms with Gasteiger partial charge < -0.3 is 19.7 Å². The molecule has 2 aliphatic heterocycles. The number of piperidine rings is 1. The first-order valence-electron chi connectivity index (χ1n) is 11.7. The fraction of sp³-hybridized carbons (Fsp3) is 0.417. The number of hydrazine groups is 1. The first-order valence-corrected chi connectivity index (χ1v) is 11.7. The second kappa shape index (κ2) is 11.2. The minimum absolute atomic E-state index is 0.140. The van der Waals surface area contributed by atoms with Crippen molar-refractivity contribution in [1.29, 1.82) is 0 Å². The Labute approximate surface area is 207 Å². The molecule has 36 heavy (non-hydrogen) atoms. The lowest BCUT2D eigenvalue weighted by Crippen LogP contribution is -2.49. The molecule has 2 fully saturated rings. The number of nitrogens with zero attached hydrogens (tertiary/aromatic N) is 3. The molecule has 0 bridgehead atoms. The van der Waals surface area contributed by atoms with Gasteiger partial charge in [-0.05, 0) is 43.2 Å². The van der Waals surface area contributed by atoms with Crippen molar-refractivity contribution < 1.29 is 28.2 Å². The van der Waals surface area contributed by atoms with Crippen LogP contribution in [-0.2, 0) is 14.3 Å². The van der Waals surface area contributed by atoms with Crippen LogP contribution < -0.4 is 26.0 Å². The van der Waals surface area contributed by atoms with Crippen LogP contribution in [0.5, 0.6) is 0 Å². The molecular formula is C24H29FN6O5. The first kappa shape index (κ1) is 25.2. The number of halogens is 1. The molecule has 2 aliphatic rings. The number of carbonyl (C=O) groups excluding carboxylic acids is 3. The average Bonchev–Trinajstić information content (AvgIpc) is 3.27. The standard InChI is InChI=1S/C24H29FN6O5/c1-15(32)26-13-19-14-31(24(34)36-19)18-4-5-20(21(25)11-18)16-3-6-22(27-12-16)30-9-7-17(8-10-30)28-29-23(33)35-2/h3-6,11-12,17,19,28H,7-10,13-14H2,1-2H3,(H,26,32)(H,29,33)/t19-/m0/s1. The third-order valence-corrected chi connectivity index (χ3v) is 6.16. The van der Waals surface area contributed by atoms with Gasteiger partial charge in [-0.15, -0.1) is 0 Å². The summed E-state index contributed by atoms with van der Waals surface area (Å²) in [7, 11) is 1.31. The number of anilines is 2. The van der Waals surface area contributed by atoms with Gasteiger partial charge in [0.05, 0.1) is 25.9 Å². The fourth-order valence-electron chi connectivity index (χ4n) is 4.20. The van der Waals surface area contributed by atoms with Gasteiger partial charge >= 0.3 is 12.2 Å². The monoisotopic (exact) mass is 500 g/mol. The van der Waals surface area contributed by atoms with Crippen molar-refractivity contribution in [1.82, 2.24) is 21.2 Å². The molecule has 3 heterocycles. The maximum Gasteiger partial charge on any atom is 0.421 e. The Morgan fingerprint density at radius 2 is 2.00 bits per heavy atom. The summed E-state index contributed by atoms with van der Waals surface area (Å²) >= 11 is 0. The Bertz CT molecular complexity index is 1110. The molecule has 1 aromatic carbocycles. The summed E-state index contributed by atoms with van der Waals surface area (Å²) in [5.41, 5.74) is 6.83. The van der Waals surface area contributed by atoms with Gasteiger partial charge in [0.1, 0.15) is 17.7 Å². The van der Waals surface area contributed by atoms with E-state index in [1.807, 2.05) is 12.1 Å². The normalized spacial score (nSPS) is 18.1. The molecule has 11 nitrogen and oxygen atoms in total. The molecule has 3 amide bonds. The van der Waals surface area contributed by atoms with Gasteiger partial charge in [0.2, 0.25) is 5.91 Å². The van der Waals surface area contributed by atoms with Crippen LogP contribution in [-0.4, -0.2) is 68.5 Å². The van der Waals surface area contributed by atoms with Crippen LogP contribution in [0.1, 0.15) is 19.8 Å². The van der Waals surface area contributed by atoms with Crippen molar-refractivity contribution >= 4 is 29.6 Å². The maximum absolute atomic E-state index is 15.0. The third-order valence-electron chi connectivity index (χ3n) is 6.16. The molecule has 0 radical (unpaired) electrons. The summed E-state index contributed by atoms with van der Waals surface area (Å²) < 4.78 is 24.8. The number of methoxy groups -OCH3 is 1. The predicted molar refractivity (Wildman–Crippen MR) is 130 cm³/mol. The average molecular weight is 501 g/mol. The molecule has 4 rings (SSSR count). The number of pyridine rings is 1. The molecule has 12 heteroatoms. The summed E-state index contributed by atoms with van der Waals surface area (Å²) in [4.78, 5) is 42.5. The molecule has 192 valence electrons. The van der Waals surface area contributed by atoms with E-state index < -0.39 is 24.1 Å². The van der Waals surface area contributed by atoms with Gasteiger partial charge in [-0.2, -0.15) is 0 Å². The topological polar surface area (TPSA) is 125 Å². The highest BCUT2D eigenvalue weighted by molar-refractivity contribution is 5.90. The van der Waals surface area contributed by atoms with Crippen molar-refractivity contribution in [3.63, 3.8) is 0 Å².